The predicted molar refractivity (Wildman–Crippen MR) is 48.6 cm³/mol. The van der Waals surface area contributed by atoms with Crippen molar-refractivity contribution in [3.63, 3.8) is 0 Å². The highest BCUT2D eigenvalue weighted by Crippen LogP contribution is 2.65. The van der Waals surface area contributed by atoms with Crippen molar-refractivity contribution in [3.05, 3.63) is 0 Å². The summed E-state index contributed by atoms with van der Waals surface area (Å²) in [7, 11) is -15.8. The molecule has 11 nitrogen and oxygen atoms in total. The molecule has 2 atom stereocenters. The average molecular weight is 301 g/mol. The number of nitrogens with one attached hydrogen (secondary N) is 1. The molecule has 0 saturated carbocycles. The van der Waals surface area contributed by atoms with Crippen molar-refractivity contribution in [2.45, 2.75) is 6.92 Å². The van der Waals surface area contributed by atoms with Crippen molar-refractivity contribution < 1.29 is 46.5 Å². The molecule has 0 heterocycles. The molecule has 0 aliphatic heterocycles. The van der Waals surface area contributed by atoms with Crippen molar-refractivity contribution in [3.8, 4) is 0 Å². The van der Waals surface area contributed by atoms with Crippen LogP contribution in [0, 0.1) is 0 Å². The van der Waals surface area contributed by atoms with Gasteiger partial charge in [-0.05, 0) is 0 Å². The maximum Gasteiger partial charge on any atom is 0.497 e. The standard InChI is InChI=1S/C2H10NO10P3/c1-2-3-11-15(7,8)13-16(9,10)12-14(4,5)6/h3H,2H2,1H3,(H,7,8)(H,9,10)(H2,4,5,6). The third-order valence-electron chi connectivity index (χ3n) is 0.740. The Morgan fingerprint density at radius 1 is 1.00 bits per heavy atom. The minimum Gasteiger partial charge on any atom is -0.302 e. The lowest BCUT2D eigenvalue weighted by Crippen LogP contribution is -2.12. The zero-order chi connectivity index (χ0) is 13.0. The quantitative estimate of drug-likeness (QED) is 0.312. The molecule has 14 heteroatoms. The van der Waals surface area contributed by atoms with E-state index >= 15 is 0 Å². The van der Waals surface area contributed by atoms with E-state index in [2.05, 4.69) is 13.2 Å². The van der Waals surface area contributed by atoms with Gasteiger partial charge < -0.3 is 19.6 Å². The molecule has 0 rings (SSSR count). The van der Waals surface area contributed by atoms with Gasteiger partial charge >= 0.3 is 23.5 Å². The van der Waals surface area contributed by atoms with Gasteiger partial charge in [-0.15, -0.1) is 0 Å². The summed E-state index contributed by atoms with van der Waals surface area (Å²) in [6.45, 7) is 1.55. The third kappa shape index (κ3) is 8.51. The van der Waals surface area contributed by atoms with Gasteiger partial charge in [0.2, 0.25) is 0 Å². The maximum absolute atomic E-state index is 10.9. The Morgan fingerprint density at radius 3 is 1.88 bits per heavy atom. The van der Waals surface area contributed by atoms with Crippen molar-refractivity contribution in [1.82, 2.24) is 5.48 Å². The minimum atomic E-state index is -5.42. The van der Waals surface area contributed by atoms with Crippen LogP contribution in [0.5, 0.6) is 0 Å². The Hall–Kier alpha value is 0.370. The lowest BCUT2D eigenvalue weighted by Gasteiger charge is -2.15. The molecule has 0 amide bonds. The lowest BCUT2D eigenvalue weighted by atomic mass is 10.8. The summed E-state index contributed by atoms with van der Waals surface area (Å²) in [5.41, 5.74) is 1.85. The number of hydroxylamine groups is 1. The first-order chi connectivity index (χ1) is 6.97. The molecule has 16 heavy (non-hydrogen) atoms. The Balaban J connectivity index is 4.52. The van der Waals surface area contributed by atoms with E-state index in [1.165, 1.54) is 6.92 Å². The van der Waals surface area contributed by atoms with Crippen LogP contribution in [0.4, 0.5) is 0 Å². The Morgan fingerprint density at radius 2 is 1.50 bits per heavy atom. The largest absolute Gasteiger partial charge is 0.497 e. The van der Waals surface area contributed by atoms with Crippen molar-refractivity contribution in [2.24, 2.45) is 0 Å². The Kier molecular flexibility index (Phi) is 5.95. The molecule has 0 bridgehead atoms. The monoisotopic (exact) mass is 301 g/mol. The molecule has 0 aliphatic rings. The number of rotatable bonds is 7. The van der Waals surface area contributed by atoms with Gasteiger partial charge in [0.25, 0.3) is 0 Å². The van der Waals surface area contributed by atoms with Gasteiger partial charge in [0, 0.05) is 6.54 Å². The smallest absolute Gasteiger partial charge is 0.302 e. The van der Waals surface area contributed by atoms with Crippen molar-refractivity contribution >= 4 is 23.5 Å². The van der Waals surface area contributed by atoms with E-state index in [4.69, 9.17) is 19.6 Å². The van der Waals surface area contributed by atoms with Crippen LogP contribution in [-0.2, 0) is 26.9 Å². The summed E-state index contributed by atoms with van der Waals surface area (Å²) < 4.78 is 42.5. The second-order valence-corrected chi connectivity index (χ2v) is 6.52. The van der Waals surface area contributed by atoms with Gasteiger partial charge in [-0.3, -0.25) is 0 Å². The van der Waals surface area contributed by atoms with Crippen LogP contribution in [0.25, 0.3) is 0 Å². The van der Waals surface area contributed by atoms with Crippen LogP contribution in [-0.4, -0.2) is 26.1 Å². The second-order valence-electron chi connectivity index (χ2n) is 2.18. The van der Waals surface area contributed by atoms with Crippen LogP contribution in [0.1, 0.15) is 6.92 Å². The molecule has 0 fully saturated rings. The Bertz CT molecular complexity index is 359. The molecule has 2 unspecified atom stereocenters. The minimum absolute atomic E-state index is 0.0724. The predicted octanol–water partition coefficient (Wildman–Crippen LogP) is -0.146. The second kappa shape index (κ2) is 5.81. The van der Waals surface area contributed by atoms with E-state index in [0.717, 1.165) is 0 Å². The van der Waals surface area contributed by atoms with Crippen LogP contribution in [0.15, 0.2) is 0 Å². The normalized spacial score (nSPS) is 20.1. The summed E-state index contributed by atoms with van der Waals surface area (Å²) in [4.78, 5) is 33.8. The molecular weight excluding hydrogens is 291 g/mol. The lowest BCUT2D eigenvalue weighted by molar-refractivity contribution is 0.121. The molecule has 98 valence electrons. The van der Waals surface area contributed by atoms with E-state index in [0.29, 0.717) is 0 Å². The van der Waals surface area contributed by atoms with E-state index in [1.54, 1.807) is 0 Å². The topological polar surface area (TPSA) is 172 Å². The molecule has 5 N–H and O–H groups in total. The number of hydrogen-bond acceptors (Lipinski definition) is 7. The SMILES string of the molecule is CCNOP(=O)(O)OP(=O)(O)OP(=O)(O)O. The number of hydrogen-bond donors (Lipinski definition) is 5. The summed E-state index contributed by atoms with van der Waals surface area (Å²) in [5.74, 6) is 0. The molecule has 0 aliphatic carbocycles. The van der Waals surface area contributed by atoms with E-state index in [-0.39, 0.29) is 6.54 Å². The maximum atomic E-state index is 10.9. The van der Waals surface area contributed by atoms with Crippen molar-refractivity contribution in [1.29, 1.82) is 0 Å². The average Bonchev–Trinajstić information content (AvgIpc) is 1.93. The summed E-state index contributed by atoms with van der Waals surface area (Å²) in [5, 5.41) is 0. The van der Waals surface area contributed by atoms with E-state index in [1.807, 2.05) is 5.48 Å². The third-order valence-corrected chi connectivity index (χ3v) is 4.43. The first-order valence-electron chi connectivity index (χ1n) is 3.53. The fourth-order valence-corrected chi connectivity index (χ4v) is 3.37. The van der Waals surface area contributed by atoms with Crippen LogP contribution < -0.4 is 5.48 Å². The number of phosphoric acid groups is 3. The zero-order valence-corrected chi connectivity index (χ0v) is 10.5. The summed E-state index contributed by atoms with van der Waals surface area (Å²) in [6.07, 6.45) is 0. The fourth-order valence-electron chi connectivity index (χ4n) is 0.442. The highest BCUT2D eigenvalue weighted by molar-refractivity contribution is 7.66. The van der Waals surface area contributed by atoms with Crippen LogP contribution in [0.3, 0.4) is 0 Å². The van der Waals surface area contributed by atoms with Crippen LogP contribution >= 0.6 is 23.5 Å². The van der Waals surface area contributed by atoms with Gasteiger partial charge in [-0.25, -0.2) is 13.7 Å². The molecule has 0 radical (unpaired) electrons. The highest BCUT2D eigenvalue weighted by atomic mass is 31.3. The summed E-state index contributed by atoms with van der Waals surface area (Å²) in [6, 6.07) is 0. The molecule has 0 aromatic heterocycles. The Labute approximate surface area is 89.8 Å². The van der Waals surface area contributed by atoms with Gasteiger partial charge in [-0.1, -0.05) is 6.92 Å². The molecule has 0 aromatic rings. The van der Waals surface area contributed by atoms with E-state index in [9.17, 15) is 13.7 Å². The highest BCUT2D eigenvalue weighted by Gasteiger charge is 2.40. The molecule has 0 spiro atoms. The van der Waals surface area contributed by atoms with Crippen LogP contribution in [0.2, 0.25) is 0 Å². The van der Waals surface area contributed by atoms with Gasteiger partial charge in [0.15, 0.2) is 0 Å². The van der Waals surface area contributed by atoms with Gasteiger partial charge in [-0.2, -0.15) is 18.7 Å². The zero-order valence-electron chi connectivity index (χ0n) is 7.79. The fraction of sp³-hybridized carbons (Fsp3) is 1.00. The molecule has 0 saturated heterocycles. The van der Waals surface area contributed by atoms with Gasteiger partial charge in [0.05, 0.1) is 0 Å². The van der Waals surface area contributed by atoms with E-state index < -0.39 is 23.5 Å². The molecule has 0 aromatic carbocycles. The first kappa shape index (κ1) is 16.4. The van der Waals surface area contributed by atoms with Gasteiger partial charge in [0.1, 0.15) is 0 Å². The first-order valence-corrected chi connectivity index (χ1v) is 8.05. The molecular formula is C2H10NO10P3. The van der Waals surface area contributed by atoms with Crippen molar-refractivity contribution in [2.75, 3.05) is 6.54 Å². The summed E-state index contributed by atoms with van der Waals surface area (Å²) >= 11 is 0.